The largest absolute Gasteiger partial charge is 0.508 e. The Morgan fingerprint density at radius 2 is 1.54 bits per heavy atom. The van der Waals surface area contributed by atoms with E-state index in [1.54, 1.807) is 12.1 Å². The summed E-state index contributed by atoms with van der Waals surface area (Å²) in [5.74, 6) is 2.90. The SMILES string of the molecule is CCc1cc(O)cc(C)c1OCCCCOc1ccc(OC(C)C)cc1. The normalized spacial score (nSPS) is 10.8. The predicted molar refractivity (Wildman–Crippen MR) is 105 cm³/mol. The van der Waals surface area contributed by atoms with Crippen LogP contribution in [0.15, 0.2) is 36.4 Å². The Morgan fingerprint density at radius 3 is 2.15 bits per heavy atom. The zero-order valence-electron chi connectivity index (χ0n) is 16.2. The molecule has 0 amide bonds. The number of phenols is 1. The molecular formula is C22H30O4. The maximum atomic E-state index is 9.68. The van der Waals surface area contributed by atoms with Crippen LogP contribution in [0.4, 0.5) is 0 Å². The second kappa shape index (κ2) is 9.95. The summed E-state index contributed by atoms with van der Waals surface area (Å²) in [4.78, 5) is 0. The van der Waals surface area contributed by atoms with Gasteiger partial charge >= 0.3 is 0 Å². The lowest BCUT2D eigenvalue weighted by Gasteiger charge is -2.14. The third-order valence-corrected chi connectivity index (χ3v) is 3.97. The summed E-state index contributed by atoms with van der Waals surface area (Å²) < 4.78 is 17.3. The van der Waals surface area contributed by atoms with E-state index in [0.717, 1.165) is 47.6 Å². The van der Waals surface area contributed by atoms with Crippen LogP contribution >= 0.6 is 0 Å². The Morgan fingerprint density at radius 1 is 0.923 bits per heavy atom. The Labute approximate surface area is 156 Å². The zero-order valence-corrected chi connectivity index (χ0v) is 16.2. The lowest BCUT2D eigenvalue weighted by molar-refractivity contribution is 0.241. The second-order valence-corrected chi connectivity index (χ2v) is 6.65. The van der Waals surface area contributed by atoms with E-state index in [-0.39, 0.29) is 6.10 Å². The molecule has 4 nitrogen and oxygen atoms in total. The average Bonchev–Trinajstić information content (AvgIpc) is 2.59. The molecule has 0 fully saturated rings. The molecule has 0 aliphatic rings. The minimum absolute atomic E-state index is 0.173. The molecule has 0 aliphatic carbocycles. The highest BCUT2D eigenvalue weighted by Gasteiger charge is 2.08. The van der Waals surface area contributed by atoms with E-state index in [1.165, 1.54) is 0 Å². The summed E-state index contributed by atoms with van der Waals surface area (Å²) >= 11 is 0. The van der Waals surface area contributed by atoms with Gasteiger partial charge in [-0.05, 0) is 87.6 Å². The van der Waals surface area contributed by atoms with Crippen LogP contribution in [0.5, 0.6) is 23.0 Å². The first-order chi connectivity index (χ1) is 12.5. The van der Waals surface area contributed by atoms with Crippen LogP contribution < -0.4 is 14.2 Å². The molecule has 0 atom stereocenters. The fraction of sp³-hybridized carbons (Fsp3) is 0.455. The van der Waals surface area contributed by atoms with E-state index in [2.05, 4.69) is 6.92 Å². The first-order valence-corrected chi connectivity index (χ1v) is 9.34. The molecule has 0 saturated heterocycles. The molecule has 4 heteroatoms. The molecule has 0 unspecified atom stereocenters. The molecule has 0 radical (unpaired) electrons. The van der Waals surface area contributed by atoms with Gasteiger partial charge in [0, 0.05) is 0 Å². The summed E-state index contributed by atoms with van der Waals surface area (Å²) in [7, 11) is 0. The van der Waals surface area contributed by atoms with Crippen molar-refractivity contribution in [3.8, 4) is 23.0 Å². The molecule has 0 spiro atoms. The third kappa shape index (κ3) is 6.17. The monoisotopic (exact) mass is 358 g/mol. The first kappa shape index (κ1) is 20.0. The van der Waals surface area contributed by atoms with Crippen LogP contribution in [0.1, 0.15) is 44.7 Å². The molecule has 142 valence electrons. The number of rotatable bonds is 10. The van der Waals surface area contributed by atoms with Crippen LogP contribution in [0, 0.1) is 6.92 Å². The molecule has 0 saturated carbocycles. The van der Waals surface area contributed by atoms with Crippen LogP contribution in [0.3, 0.4) is 0 Å². The van der Waals surface area contributed by atoms with Gasteiger partial charge in [0.15, 0.2) is 0 Å². The topological polar surface area (TPSA) is 47.9 Å². The number of benzene rings is 2. The molecular weight excluding hydrogens is 328 g/mol. The van der Waals surface area contributed by atoms with Crippen LogP contribution in [0.25, 0.3) is 0 Å². The van der Waals surface area contributed by atoms with E-state index < -0.39 is 0 Å². The van der Waals surface area contributed by atoms with Gasteiger partial charge in [0.1, 0.15) is 23.0 Å². The standard InChI is InChI=1S/C22H30O4/c1-5-18-15-19(23)14-17(4)22(18)25-13-7-6-12-24-20-8-10-21(11-9-20)26-16(2)3/h8-11,14-16,23H,5-7,12-13H2,1-4H3. The van der Waals surface area contributed by atoms with Crippen molar-refractivity contribution in [3.05, 3.63) is 47.5 Å². The Balaban J connectivity index is 1.70. The predicted octanol–water partition coefficient (Wildman–Crippen LogP) is 5.29. The van der Waals surface area contributed by atoms with Crippen molar-refractivity contribution in [3.63, 3.8) is 0 Å². The highest BCUT2D eigenvalue weighted by molar-refractivity contribution is 5.46. The molecule has 1 N–H and O–H groups in total. The quantitative estimate of drug-likeness (QED) is 0.586. The van der Waals surface area contributed by atoms with Crippen LogP contribution in [-0.2, 0) is 6.42 Å². The van der Waals surface area contributed by atoms with Gasteiger partial charge in [0.05, 0.1) is 19.3 Å². The van der Waals surface area contributed by atoms with Gasteiger partial charge in [-0.2, -0.15) is 0 Å². The van der Waals surface area contributed by atoms with Crippen molar-refractivity contribution in [2.75, 3.05) is 13.2 Å². The summed E-state index contributed by atoms with van der Waals surface area (Å²) in [6.45, 7) is 9.34. The van der Waals surface area contributed by atoms with Gasteiger partial charge in [0.2, 0.25) is 0 Å². The smallest absolute Gasteiger partial charge is 0.125 e. The summed E-state index contributed by atoms with van der Waals surface area (Å²) in [6.07, 6.45) is 2.85. The Hall–Kier alpha value is -2.36. The van der Waals surface area contributed by atoms with E-state index in [1.807, 2.05) is 45.0 Å². The van der Waals surface area contributed by atoms with Gasteiger partial charge in [-0.1, -0.05) is 6.92 Å². The molecule has 2 aromatic carbocycles. The summed E-state index contributed by atoms with van der Waals surface area (Å²) in [5, 5.41) is 9.68. The van der Waals surface area contributed by atoms with E-state index >= 15 is 0 Å². The highest BCUT2D eigenvalue weighted by Crippen LogP contribution is 2.29. The van der Waals surface area contributed by atoms with Gasteiger partial charge in [-0.15, -0.1) is 0 Å². The van der Waals surface area contributed by atoms with E-state index in [4.69, 9.17) is 14.2 Å². The van der Waals surface area contributed by atoms with Crippen molar-refractivity contribution in [2.45, 2.75) is 53.1 Å². The maximum Gasteiger partial charge on any atom is 0.125 e. The molecule has 0 aromatic heterocycles. The first-order valence-electron chi connectivity index (χ1n) is 9.34. The highest BCUT2D eigenvalue weighted by atomic mass is 16.5. The number of phenolic OH excluding ortho intramolecular Hbond substituents is 1. The zero-order chi connectivity index (χ0) is 18.9. The number of hydrogen-bond donors (Lipinski definition) is 1. The molecule has 0 bridgehead atoms. The lowest BCUT2D eigenvalue weighted by atomic mass is 10.1. The number of aryl methyl sites for hydroxylation is 2. The van der Waals surface area contributed by atoms with E-state index in [9.17, 15) is 5.11 Å². The lowest BCUT2D eigenvalue weighted by Crippen LogP contribution is -2.06. The van der Waals surface area contributed by atoms with Crippen LogP contribution in [0.2, 0.25) is 0 Å². The van der Waals surface area contributed by atoms with E-state index in [0.29, 0.717) is 19.0 Å². The third-order valence-electron chi connectivity index (χ3n) is 3.97. The minimum Gasteiger partial charge on any atom is -0.508 e. The average molecular weight is 358 g/mol. The van der Waals surface area contributed by atoms with Crippen LogP contribution in [-0.4, -0.2) is 24.4 Å². The summed E-state index contributed by atoms with van der Waals surface area (Å²) in [5.41, 5.74) is 2.02. The fourth-order valence-electron chi connectivity index (χ4n) is 2.75. The van der Waals surface area contributed by atoms with Gasteiger partial charge in [-0.3, -0.25) is 0 Å². The van der Waals surface area contributed by atoms with Gasteiger partial charge in [-0.25, -0.2) is 0 Å². The van der Waals surface area contributed by atoms with Crippen molar-refractivity contribution in [1.82, 2.24) is 0 Å². The molecule has 0 heterocycles. The number of ether oxygens (including phenoxy) is 3. The fourth-order valence-corrected chi connectivity index (χ4v) is 2.75. The Bertz CT molecular complexity index is 677. The molecule has 0 aliphatic heterocycles. The van der Waals surface area contributed by atoms with Crippen molar-refractivity contribution < 1.29 is 19.3 Å². The van der Waals surface area contributed by atoms with Crippen molar-refractivity contribution in [1.29, 1.82) is 0 Å². The molecule has 2 rings (SSSR count). The second-order valence-electron chi connectivity index (χ2n) is 6.65. The maximum absolute atomic E-state index is 9.68. The van der Waals surface area contributed by atoms with Gasteiger partial charge in [0.25, 0.3) is 0 Å². The number of unbranched alkanes of at least 4 members (excludes halogenated alkanes) is 1. The Kier molecular flexibility index (Phi) is 7.64. The summed E-state index contributed by atoms with van der Waals surface area (Å²) in [6, 6.07) is 11.2. The van der Waals surface area contributed by atoms with Crippen molar-refractivity contribution >= 4 is 0 Å². The van der Waals surface area contributed by atoms with Gasteiger partial charge < -0.3 is 19.3 Å². The number of aromatic hydroxyl groups is 1. The minimum atomic E-state index is 0.173. The molecule has 2 aromatic rings. The molecule has 26 heavy (non-hydrogen) atoms. The number of hydrogen-bond acceptors (Lipinski definition) is 4. The van der Waals surface area contributed by atoms with Crippen molar-refractivity contribution in [2.24, 2.45) is 0 Å².